The van der Waals surface area contributed by atoms with Crippen molar-refractivity contribution < 1.29 is 22.7 Å². The molecule has 0 atom stereocenters. The second kappa shape index (κ2) is 6.05. The highest BCUT2D eigenvalue weighted by atomic mass is 19.4. The number of Topliss-reactive ketones (excluding diaryl/α,β-unsaturated/α-hetero) is 1. The van der Waals surface area contributed by atoms with Gasteiger partial charge in [-0.2, -0.15) is 0 Å². The van der Waals surface area contributed by atoms with Crippen LogP contribution in [0.3, 0.4) is 0 Å². The highest BCUT2D eigenvalue weighted by Crippen LogP contribution is 2.31. The van der Waals surface area contributed by atoms with Gasteiger partial charge in [0.05, 0.1) is 0 Å². The van der Waals surface area contributed by atoms with Crippen molar-refractivity contribution in [3.63, 3.8) is 0 Å². The summed E-state index contributed by atoms with van der Waals surface area (Å²) in [5.74, 6) is -0.139. The molecule has 0 radical (unpaired) electrons. The van der Waals surface area contributed by atoms with Crippen molar-refractivity contribution in [2.45, 2.75) is 32.5 Å². The summed E-state index contributed by atoms with van der Waals surface area (Å²) < 4.78 is 40.0. The zero-order valence-corrected chi connectivity index (χ0v) is 11.8. The topological polar surface area (TPSA) is 38.3 Å². The van der Waals surface area contributed by atoms with E-state index >= 15 is 0 Å². The lowest BCUT2D eigenvalue weighted by atomic mass is 9.75. The summed E-state index contributed by atoms with van der Waals surface area (Å²) in [6, 6.07) is 5.48. The monoisotopic (exact) mass is 301 g/mol. The average Bonchev–Trinajstić information content (AvgIpc) is 2.40. The van der Waals surface area contributed by atoms with Gasteiger partial charge in [-0.1, -0.05) is 19.1 Å². The van der Waals surface area contributed by atoms with Gasteiger partial charge in [-0.3, -0.25) is 4.79 Å². The van der Waals surface area contributed by atoms with Crippen LogP contribution in [0.5, 0.6) is 5.75 Å². The molecule has 1 heterocycles. The molecule has 1 saturated heterocycles. The molecule has 1 N–H and O–H groups in total. The molecule has 0 amide bonds. The Morgan fingerprint density at radius 1 is 1.24 bits per heavy atom. The third kappa shape index (κ3) is 4.46. The standard InChI is InChI=1S/C15H18F3NO2/c1-14(6-8-19-9-7-14)13(20)10-11-2-4-12(5-3-11)21-15(16,17)18/h2-5,19H,6-10H2,1H3. The Kier molecular flexibility index (Phi) is 4.56. The van der Waals surface area contributed by atoms with Crippen LogP contribution in [0.15, 0.2) is 24.3 Å². The number of ketones is 1. The number of ether oxygens (including phenoxy) is 1. The van der Waals surface area contributed by atoms with E-state index in [1.54, 1.807) is 0 Å². The Morgan fingerprint density at radius 2 is 1.81 bits per heavy atom. The molecule has 1 aliphatic rings. The maximum atomic E-state index is 12.4. The van der Waals surface area contributed by atoms with Crippen LogP contribution >= 0.6 is 0 Å². The van der Waals surface area contributed by atoms with Gasteiger partial charge in [0.2, 0.25) is 0 Å². The van der Waals surface area contributed by atoms with Crippen molar-refractivity contribution in [3.05, 3.63) is 29.8 Å². The van der Waals surface area contributed by atoms with Gasteiger partial charge in [-0.25, -0.2) is 0 Å². The number of alkyl halides is 3. The van der Waals surface area contributed by atoms with Crippen LogP contribution in [0.25, 0.3) is 0 Å². The van der Waals surface area contributed by atoms with E-state index in [0.29, 0.717) is 5.56 Å². The quantitative estimate of drug-likeness (QED) is 0.929. The molecule has 0 saturated carbocycles. The Balaban J connectivity index is 1.98. The van der Waals surface area contributed by atoms with E-state index in [4.69, 9.17) is 0 Å². The Bertz CT molecular complexity index is 491. The number of nitrogens with one attached hydrogen (secondary N) is 1. The fourth-order valence-corrected chi connectivity index (χ4v) is 2.47. The lowest BCUT2D eigenvalue weighted by molar-refractivity contribution is -0.274. The van der Waals surface area contributed by atoms with Crippen LogP contribution < -0.4 is 10.1 Å². The van der Waals surface area contributed by atoms with Gasteiger partial charge in [0, 0.05) is 11.8 Å². The average molecular weight is 301 g/mol. The van der Waals surface area contributed by atoms with Gasteiger partial charge in [-0.05, 0) is 43.6 Å². The molecule has 2 rings (SSSR count). The molecule has 0 aliphatic carbocycles. The van der Waals surface area contributed by atoms with E-state index in [2.05, 4.69) is 10.1 Å². The van der Waals surface area contributed by atoms with Crippen LogP contribution in [0.1, 0.15) is 25.3 Å². The third-order valence-corrected chi connectivity index (χ3v) is 3.90. The smallest absolute Gasteiger partial charge is 0.406 e. The number of benzene rings is 1. The number of hydrogen-bond acceptors (Lipinski definition) is 3. The van der Waals surface area contributed by atoms with E-state index in [1.807, 2.05) is 6.92 Å². The molecule has 0 aromatic heterocycles. The number of piperidine rings is 1. The molecular weight excluding hydrogens is 283 g/mol. The zero-order chi connectivity index (χ0) is 15.5. The molecule has 21 heavy (non-hydrogen) atoms. The molecule has 0 bridgehead atoms. The maximum absolute atomic E-state index is 12.4. The summed E-state index contributed by atoms with van der Waals surface area (Å²) in [4.78, 5) is 12.4. The first-order valence-electron chi connectivity index (χ1n) is 6.87. The molecule has 1 fully saturated rings. The zero-order valence-electron chi connectivity index (χ0n) is 11.8. The molecule has 6 heteroatoms. The molecule has 3 nitrogen and oxygen atoms in total. The maximum Gasteiger partial charge on any atom is 0.573 e. The number of rotatable bonds is 4. The summed E-state index contributed by atoms with van der Waals surface area (Å²) in [5, 5.41) is 3.21. The summed E-state index contributed by atoms with van der Waals surface area (Å²) in [7, 11) is 0. The summed E-state index contributed by atoms with van der Waals surface area (Å²) in [6.07, 6.45) is -2.87. The Hall–Kier alpha value is -1.56. The second-order valence-electron chi connectivity index (χ2n) is 5.60. The molecular formula is C15H18F3NO2. The fourth-order valence-electron chi connectivity index (χ4n) is 2.47. The predicted molar refractivity (Wildman–Crippen MR) is 72.0 cm³/mol. The molecule has 0 spiro atoms. The molecule has 1 aromatic rings. The fraction of sp³-hybridized carbons (Fsp3) is 0.533. The first-order chi connectivity index (χ1) is 9.78. The van der Waals surface area contributed by atoms with Crippen LogP contribution in [-0.4, -0.2) is 25.2 Å². The minimum atomic E-state index is -4.69. The largest absolute Gasteiger partial charge is 0.573 e. The van der Waals surface area contributed by atoms with Crippen molar-refractivity contribution in [1.29, 1.82) is 0 Å². The highest BCUT2D eigenvalue weighted by molar-refractivity contribution is 5.86. The molecule has 1 aliphatic heterocycles. The van der Waals surface area contributed by atoms with Crippen molar-refractivity contribution in [3.8, 4) is 5.75 Å². The minimum Gasteiger partial charge on any atom is -0.406 e. The van der Waals surface area contributed by atoms with Gasteiger partial charge in [0.1, 0.15) is 11.5 Å². The van der Waals surface area contributed by atoms with Gasteiger partial charge in [0.25, 0.3) is 0 Å². The molecule has 0 unspecified atom stereocenters. The molecule has 1 aromatic carbocycles. The lowest BCUT2D eigenvalue weighted by Crippen LogP contribution is -2.40. The van der Waals surface area contributed by atoms with Crippen molar-refractivity contribution >= 4 is 5.78 Å². The SMILES string of the molecule is CC1(C(=O)Cc2ccc(OC(F)(F)F)cc2)CCNCC1. The van der Waals surface area contributed by atoms with Crippen molar-refractivity contribution in [1.82, 2.24) is 5.32 Å². The summed E-state index contributed by atoms with van der Waals surface area (Å²) >= 11 is 0. The van der Waals surface area contributed by atoms with Crippen LogP contribution in [0, 0.1) is 5.41 Å². The van der Waals surface area contributed by atoms with Gasteiger partial charge in [0.15, 0.2) is 0 Å². The lowest BCUT2D eigenvalue weighted by Gasteiger charge is -2.32. The normalized spacial score (nSPS) is 18.3. The Labute approximate surface area is 121 Å². The third-order valence-electron chi connectivity index (χ3n) is 3.90. The van der Waals surface area contributed by atoms with Crippen molar-refractivity contribution in [2.24, 2.45) is 5.41 Å². The van der Waals surface area contributed by atoms with Crippen LogP contribution in [0.4, 0.5) is 13.2 Å². The van der Waals surface area contributed by atoms with E-state index in [1.165, 1.54) is 24.3 Å². The number of hydrogen-bond donors (Lipinski definition) is 1. The second-order valence-corrected chi connectivity index (χ2v) is 5.60. The van der Waals surface area contributed by atoms with E-state index in [-0.39, 0.29) is 23.4 Å². The van der Waals surface area contributed by atoms with E-state index < -0.39 is 6.36 Å². The number of carbonyl (C=O) groups excluding carboxylic acids is 1. The van der Waals surface area contributed by atoms with Crippen molar-refractivity contribution in [2.75, 3.05) is 13.1 Å². The molecule has 116 valence electrons. The highest BCUT2D eigenvalue weighted by Gasteiger charge is 2.34. The van der Waals surface area contributed by atoms with E-state index in [0.717, 1.165) is 25.9 Å². The first-order valence-corrected chi connectivity index (χ1v) is 6.87. The van der Waals surface area contributed by atoms with Crippen LogP contribution in [0.2, 0.25) is 0 Å². The van der Waals surface area contributed by atoms with Gasteiger partial charge >= 0.3 is 6.36 Å². The van der Waals surface area contributed by atoms with Gasteiger partial charge in [-0.15, -0.1) is 13.2 Å². The summed E-state index contributed by atoms with van der Waals surface area (Å²) in [5.41, 5.74) is 0.362. The minimum absolute atomic E-state index is 0.133. The van der Waals surface area contributed by atoms with Crippen LogP contribution in [-0.2, 0) is 11.2 Å². The Morgan fingerprint density at radius 3 is 2.33 bits per heavy atom. The summed E-state index contributed by atoms with van der Waals surface area (Å²) in [6.45, 7) is 3.60. The number of carbonyl (C=O) groups is 1. The van der Waals surface area contributed by atoms with E-state index in [9.17, 15) is 18.0 Å². The van der Waals surface area contributed by atoms with Gasteiger partial charge < -0.3 is 10.1 Å². The predicted octanol–water partition coefficient (Wildman–Crippen LogP) is 3.09. The first kappa shape index (κ1) is 15.8. The number of halogens is 3.